The second-order valence-corrected chi connectivity index (χ2v) is 13.4. The molecule has 2 heterocycles. The van der Waals surface area contributed by atoms with Crippen molar-refractivity contribution in [3.63, 3.8) is 0 Å². The third kappa shape index (κ3) is 7.38. The average Bonchev–Trinajstić information content (AvgIpc) is 3.05. The first kappa shape index (κ1) is 33.0. The van der Waals surface area contributed by atoms with Crippen LogP contribution in [-0.4, -0.2) is 9.97 Å². The molecule has 0 unspecified atom stereocenters. The fourth-order valence-electron chi connectivity index (χ4n) is 5.37. The second-order valence-electron chi connectivity index (χ2n) is 13.4. The van der Waals surface area contributed by atoms with Crippen molar-refractivity contribution in [2.24, 2.45) is 0 Å². The van der Waals surface area contributed by atoms with Crippen LogP contribution in [0.3, 0.4) is 0 Å². The first-order valence-corrected chi connectivity index (χ1v) is 15.4. The van der Waals surface area contributed by atoms with Crippen LogP contribution in [0.25, 0.3) is 44.8 Å². The van der Waals surface area contributed by atoms with Crippen LogP contribution < -0.4 is 4.74 Å². The van der Waals surface area contributed by atoms with E-state index in [1.54, 1.807) is 0 Å². The minimum absolute atomic E-state index is 0. The molecule has 0 amide bonds. The molecule has 6 rings (SSSR count). The Balaban J connectivity index is 0.00000417. The molecule has 0 saturated carbocycles. The van der Waals surface area contributed by atoms with Crippen LogP contribution in [0, 0.1) is 12.1 Å². The van der Waals surface area contributed by atoms with E-state index in [4.69, 9.17) is 14.7 Å². The molecule has 6 aromatic rings. The number of ether oxygens (including phenoxy) is 1. The summed E-state index contributed by atoms with van der Waals surface area (Å²) in [4.78, 5) is 9.56. The summed E-state index contributed by atoms with van der Waals surface area (Å²) in [5, 5.41) is 0. The molecule has 0 aliphatic rings. The maximum atomic E-state index is 6.51. The third-order valence-corrected chi connectivity index (χ3v) is 7.99. The summed E-state index contributed by atoms with van der Waals surface area (Å²) >= 11 is 0. The summed E-state index contributed by atoms with van der Waals surface area (Å²) in [6.45, 7) is 13.3. The maximum Gasteiger partial charge on any atom is 2.00 e. The van der Waals surface area contributed by atoms with Crippen LogP contribution in [0.5, 0.6) is 11.5 Å². The number of hydrogen-bond acceptors (Lipinski definition) is 3. The molecule has 46 heavy (non-hydrogen) atoms. The van der Waals surface area contributed by atoms with Gasteiger partial charge in [-0.25, -0.2) is 0 Å². The number of aromatic nitrogens is 2. The SMILES string of the molecule is CC(C)(C)c1ccnc(-c2[c-]c(Oc3[c-]c(-c4cc(C(C)(C)C)ccn4)c(-c4ccccc4)cc3)ccc2-c2ccccc2)c1.[Pt+2]. The van der Waals surface area contributed by atoms with E-state index in [-0.39, 0.29) is 31.9 Å². The minimum Gasteiger partial charge on any atom is -0.497 e. The van der Waals surface area contributed by atoms with E-state index in [1.165, 1.54) is 11.1 Å². The summed E-state index contributed by atoms with van der Waals surface area (Å²) in [7, 11) is 0. The van der Waals surface area contributed by atoms with Gasteiger partial charge in [0.05, 0.1) is 0 Å². The molecule has 4 heteroatoms. The van der Waals surface area contributed by atoms with Crippen molar-refractivity contribution in [1.29, 1.82) is 0 Å². The van der Waals surface area contributed by atoms with E-state index in [1.807, 2.05) is 36.7 Å². The van der Waals surface area contributed by atoms with Gasteiger partial charge in [-0.05, 0) is 45.5 Å². The molecule has 0 radical (unpaired) electrons. The number of pyridine rings is 2. The Bertz CT molecular complexity index is 1800. The van der Waals surface area contributed by atoms with Crippen LogP contribution in [0.1, 0.15) is 52.7 Å². The van der Waals surface area contributed by atoms with Crippen molar-refractivity contribution >= 4 is 0 Å². The molecule has 0 atom stereocenters. The second kappa shape index (κ2) is 13.6. The van der Waals surface area contributed by atoms with E-state index < -0.39 is 0 Å². The van der Waals surface area contributed by atoms with Crippen LogP contribution in [0.2, 0.25) is 0 Å². The largest absolute Gasteiger partial charge is 2.00 e. The predicted octanol–water partition coefficient (Wildman–Crippen LogP) is 11.1. The van der Waals surface area contributed by atoms with E-state index >= 15 is 0 Å². The summed E-state index contributed by atoms with van der Waals surface area (Å²) in [5.74, 6) is 1.19. The molecule has 4 aromatic carbocycles. The normalized spacial score (nSPS) is 11.5. The molecular formula is C42H38N2OPt. The number of nitrogens with zero attached hydrogens (tertiary/aromatic N) is 2. The molecule has 0 N–H and O–H groups in total. The van der Waals surface area contributed by atoms with E-state index in [9.17, 15) is 0 Å². The fraction of sp³-hybridized carbons (Fsp3) is 0.190. The predicted molar refractivity (Wildman–Crippen MR) is 185 cm³/mol. The molecule has 3 nitrogen and oxygen atoms in total. The molecule has 0 fully saturated rings. The zero-order valence-corrected chi connectivity index (χ0v) is 29.4. The monoisotopic (exact) mass is 781 g/mol. The van der Waals surface area contributed by atoms with Crippen LogP contribution >= 0.6 is 0 Å². The molecule has 2 aromatic heterocycles. The van der Waals surface area contributed by atoms with Gasteiger partial charge in [-0.15, -0.1) is 23.3 Å². The van der Waals surface area contributed by atoms with Gasteiger partial charge in [0.25, 0.3) is 0 Å². The zero-order valence-electron chi connectivity index (χ0n) is 27.2. The molecule has 0 spiro atoms. The van der Waals surface area contributed by atoms with E-state index in [0.29, 0.717) is 11.5 Å². The summed E-state index contributed by atoms with van der Waals surface area (Å²) in [6, 6.07) is 44.5. The number of benzene rings is 4. The van der Waals surface area contributed by atoms with Gasteiger partial charge in [-0.3, -0.25) is 0 Å². The van der Waals surface area contributed by atoms with E-state index in [0.717, 1.165) is 44.8 Å². The van der Waals surface area contributed by atoms with Gasteiger partial charge in [0.2, 0.25) is 0 Å². The van der Waals surface area contributed by atoms with Gasteiger partial charge in [0.1, 0.15) is 0 Å². The standard InChI is InChI=1S/C42H38N2O.Pt/c1-41(2,3)31-21-23-43-39(25-31)37-27-33(17-19-35(37)29-13-9-7-10-14-29)45-34-18-20-36(30-15-11-8-12-16-30)38(28-34)40-26-32(22-24-44-40)42(4,5)6;/h7-26H,1-6H3;/q-2;+2. The molecule has 0 aliphatic heterocycles. The number of rotatable bonds is 6. The Kier molecular flexibility index (Phi) is 9.75. The van der Waals surface area contributed by atoms with Crippen molar-refractivity contribution in [2.45, 2.75) is 52.4 Å². The van der Waals surface area contributed by atoms with Gasteiger partial charge < -0.3 is 14.7 Å². The first-order valence-electron chi connectivity index (χ1n) is 15.4. The van der Waals surface area contributed by atoms with Crippen molar-refractivity contribution in [3.8, 4) is 56.3 Å². The quantitative estimate of drug-likeness (QED) is 0.158. The van der Waals surface area contributed by atoms with Gasteiger partial charge >= 0.3 is 21.1 Å². The third-order valence-electron chi connectivity index (χ3n) is 7.99. The molecule has 0 aliphatic carbocycles. The fourth-order valence-corrected chi connectivity index (χ4v) is 5.37. The van der Waals surface area contributed by atoms with Crippen molar-refractivity contribution < 1.29 is 25.8 Å². The summed E-state index contributed by atoms with van der Waals surface area (Å²) < 4.78 is 6.51. The number of hydrogen-bond donors (Lipinski definition) is 0. The van der Waals surface area contributed by atoms with E-state index in [2.05, 4.69) is 139 Å². The van der Waals surface area contributed by atoms with Crippen molar-refractivity contribution in [2.75, 3.05) is 0 Å². The van der Waals surface area contributed by atoms with Crippen LogP contribution in [0.4, 0.5) is 0 Å². The van der Waals surface area contributed by atoms with Crippen molar-refractivity contribution in [3.05, 3.63) is 145 Å². The average molecular weight is 782 g/mol. The Hall–Kier alpha value is -4.33. The molecule has 0 bridgehead atoms. The Morgan fingerprint density at radius 1 is 0.500 bits per heavy atom. The molecule has 232 valence electrons. The smallest absolute Gasteiger partial charge is 0.497 e. The van der Waals surface area contributed by atoms with Crippen LogP contribution in [-0.2, 0) is 31.9 Å². The van der Waals surface area contributed by atoms with Gasteiger partial charge in [0.15, 0.2) is 0 Å². The Morgan fingerprint density at radius 3 is 1.26 bits per heavy atom. The van der Waals surface area contributed by atoms with Crippen LogP contribution in [0.15, 0.2) is 122 Å². The maximum absolute atomic E-state index is 6.51. The van der Waals surface area contributed by atoms with Crippen molar-refractivity contribution in [1.82, 2.24) is 9.97 Å². The summed E-state index contributed by atoms with van der Waals surface area (Å²) in [6.07, 6.45) is 3.76. The topological polar surface area (TPSA) is 35.0 Å². The summed E-state index contributed by atoms with van der Waals surface area (Å²) in [5.41, 5.74) is 10.2. The molecule has 0 saturated heterocycles. The Labute approximate surface area is 288 Å². The first-order chi connectivity index (χ1) is 21.6. The Morgan fingerprint density at radius 2 is 0.891 bits per heavy atom. The van der Waals surface area contributed by atoms with Gasteiger partial charge in [-0.2, -0.15) is 0 Å². The van der Waals surface area contributed by atoms with Gasteiger partial charge in [-0.1, -0.05) is 161 Å². The zero-order chi connectivity index (χ0) is 31.6. The minimum atomic E-state index is -0.0110. The molecular weight excluding hydrogens is 744 g/mol. The van der Waals surface area contributed by atoms with Gasteiger partial charge in [0, 0.05) is 23.9 Å².